The van der Waals surface area contributed by atoms with E-state index in [1.54, 1.807) is 6.07 Å². The van der Waals surface area contributed by atoms with Gasteiger partial charge in [-0.15, -0.1) is 0 Å². The van der Waals surface area contributed by atoms with Crippen molar-refractivity contribution in [2.24, 2.45) is 11.7 Å². The third-order valence-electron chi connectivity index (χ3n) is 4.09. The lowest BCUT2D eigenvalue weighted by molar-refractivity contribution is 0.255. The lowest BCUT2D eigenvalue weighted by Crippen LogP contribution is -2.23. The molecule has 1 fully saturated rings. The maximum absolute atomic E-state index is 13.4. The van der Waals surface area contributed by atoms with Crippen molar-refractivity contribution in [3.8, 4) is 17.1 Å². The van der Waals surface area contributed by atoms with Gasteiger partial charge in [0.1, 0.15) is 0 Å². The van der Waals surface area contributed by atoms with Gasteiger partial charge in [0.25, 0.3) is 0 Å². The highest BCUT2D eigenvalue weighted by Gasteiger charge is 2.26. The standard InChI is InChI=1S/C15H18FN3O2/c16-11-8-10(6-7-12(11)20)14-18-15(21-19-14)13(17)9-4-2-1-3-5-9/h6-9,13,20H,1-5,17H2. The molecule has 3 N–H and O–H groups in total. The van der Waals surface area contributed by atoms with Gasteiger partial charge in [-0.3, -0.25) is 0 Å². The number of hydrogen-bond acceptors (Lipinski definition) is 5. The largest absolute Gasteiger partial charge is 0.505 e. The first kappa shape index (κ1) is 14.0. The van der Waals surface area contributed by atoms with Crippen molar-refractivity contribution in [1.82, 2.24) is 10.1 Å². The molecule has 0 bridgehead atoms. The lowest BCUT2D eigenvalue weighted by atomic mass is 9.84. The average Bonchev–Trinajstić information content (AvgIpc) is 3.00. The van der Waals surface area contributed by atoms with E-state index in [2.05, 4.69) is 10.1 Å². The van der Waals surface area contributed by atoms with Crippen LogP contribution < -0.4 is 5.73 Å². The summed E-state index contributed by atoms with van der Waals surface area (Å²) in [5.41, 5.74) is 6.66. The van der Waals surface area contributed by atoms with Crippen molar-refractivity contribution < 1.29 is 14.0 Å². The fraction of sp³-hybridized carbons (Fsp3) is 0.467. The minimum Gasteiger partial charge on any atom is -0.505 e. The van der Waals surface area contributed by atoms with Crippen LogP contribution in [0.1, 0.15) is 44.0 Å². The van der Waals surface area contributed by atoms with Crippen LogP contribution in [0.15, 0.2) is 22.7 Å². The second-order valence-electron chi connectivity index (χ2n) is 5.55. The monoisotopic (exact) mass is 291 g/mol. The number of aromatic hydroxyl groups is 1. The Hall–Kier alpha value is -1.95. The first-order valence-corrected chi connectivity index (χ1v) is 7.23. The molecule has 112 valence electrons. The van der Waals surface area contributed by atoms with Gasteiger partial charge < -0.3 is 15.4 Å². The smallest absolute Gasteiger partial charge is 0.244 e. The van der Waals surface area contributed by atoms with Crippen molar-refractivity contribution in [3.63, 3.8) is 0 Å². The number of rotatable bonds is 3. The summed E-state index contributed by atoms with van der Waals surface area (Å²) in [4.78, 5) is 4.28. The van der Waals surface area contributed by atoms with E-state index in [9.17, 15) is 9.50 Å². The summed E-state index contributed by atoms with van der Waals surface area (Å²) in [7, 11) is 0. The summed E-state index contributed by atoms with van der Waals surface area (Å²) in [5, 5.41) is 13.1. The highest BCUT2D eigenvalue weighted by atomic mass is 19.1. The van der Waals surface area contributed by atoms with Crippen LogP contribution in [-0.2, 0) is 0 Å². The predicted molar refractivity (Wildman–Crippen MR) is 74.9 cm³/mol. The van der Waals surface area contributed by atoms with Crippen LogP contribution in [0.4, 0.5) is 4.39 Å². The van der Waals surface area contributed by atoms with Gasteiger partial charge in [0.2, 0.25) is 11.7 Å². The predicted octanol–water partition coefficient (Wildman–Crippen LogP) is 3.16. The van der Waals surface area contributed by atoms with Crippen molar-refractivity contribution in [2.75, 3.05) is 0 Å². The summed E-state index contributed by atoms with van der Waals surface area (Å²) in [5.74, 6) is -0.0686. The molecular weight excluding hydrogens is 273 g/mol. The number of aromatic nitrogens is 2. The van der Waals surface area contributed by atoms with E-state index in [4.69, 9.17) is 10.3 Å². The van der Waals surface area contributed by atoms with E-state index < -0.39 is 11.6 Å². The first-order chi connectivity index (χ1) is 10.1. The molecular formula is C15H18FN3O2. The molecule has 1 aliphatic carbocycles. The molecule has 3 rings (SSSR count). The number of hydrogen-bond donors (Lipinski definition) is 2. The molecule has 0 amide bonds. The van der Waals surface area contributed by atoms with Crippen molar-refractivity contribution >= 4 is 0 Å². The van der Waals surface area contributed by atoms with Crippen LogP contribution in [0.2, 0.25) is 0 Å². The average molecular weight is 291 g/mol. The summed E-state index contributed by atoms with van der Waals surface area (Å²) in [6, 6.07) is 3.71. The van der Waals surface area contributed by atoms with Gasteiger partial charge in [0.15, 0.2) is 11.6 Å². The molecule has 0 aliphatic heterocycles. The van der Waals surface area contributed by atoms with Crippen LogP contribution in [0.3, 0.4) is 0 Å². The van der Waals surface area contributed by atoms with Gasteiger partial charge in [-0.2, -0.15) is 4.98 Å². The van der Waals surface area contributed by atoms with Gasteiger partial charge in [0, 0.05) is 5.56 Å². The van der Waals surface area contributed by atoms with E-state index in [-0.39, 0.29) is 11.9 Å². The summed E-state index contributed by atoms with van der Waals surface area (Å²) in [6.45, 7) is 0. The number of nitrogens with two attached hydrogens (primary N) is 1. The van der Waals surface area contributed by atoms with E-state index >= 15 is 0 Å². The number of nitrogens with zero attached hydrogens (tertiary/aromatic N) is 2. The Balaban J connectivity index is 1.80. The zero-order valence-corrected chi connectivity index (χ0v) is 11.6. The molecule has 0 radical (unpaired) electrons. The summed E-state index contributed by atoms with van der Waals surface area (Å²) < 4.78 is 18.6. The maximum Gasteiger partial charge on any atom is 0.244 e. The van der Waals surface area contributed by atoms with E-state index in [0.29, 0.717) is 17.4 Å². The number of benzene rings is 1. The van der Waals surface area contributed by atoms with E-state index in [1.807, 2.05) is 0 Å². The second-order valence-corrected chi connectivity index (χ2v) is 5.55. The molecule has 5 nitrogen and oxygen atoms in total. The van der Waals surface area contributed by atoms with Crippen molar-refractivity contribution in [1.29, 1.82) is 0 Å². The topological polar surface area (TPSA) is 85.2 Å². The number of phenolic OH excluding ortho intramolecular Hbond substituents is 1. The SMILES string of the molecule is NC(c1nc(-c2ccc(O)c(F)c2)no1)C1CCCCC1. The fourth-order valence-electron chi connectivity index (χ4n) is 2.83. The van der Waals surface area contributed by atoms with Crippen LogP contribution >= 0.6 is 0 Å². The Morgan fingerprint density at radius 2 is 2.05 bits per heavy atom. The van der Waals surface area contributed by atoms with Crippen molar-refractivity contribution in [2.45, 2.75) is 38.1 Å². The third-order valence-corrected chi connectivity index (χ3v) is 4.09. The zero-order valence-electron chi connectivity index (χ0n) is 11.6. The normalized spacial score (nSPS) is 17.8. The molecule has 1 aromatic carbocycles. The van der Waals surface area contributed by atoms with Crippen LogP contribution in [0, 0.1) is 11.7 Å². The molecule has 1 aromatic heterocycles. The highest BCUT2D eigenvalue weighted by Crippen LogP contribution is 2.33. The van der Waals surface area contributed by atoms with Gasteiger partial charge in [0.05, 0.1) is 6.04 Å². The second kappa shape index (κ2) is 5.81. The Morgan fingerprint density at radius 3 is 2.76 bits per heavy atom. The Kier molecular flexibility index (Phi) is 3.88. The molecule has 0 spiro atoms. The minimum absolute atomic E-state index is 0.270. The number of halogens is 1. The van der Waals surface area contributed by atoms with Gasteiger partial charge in [-0.1, -0.05) is 24.4 Å². The number of phenols is 1. The van der Waals surface area contributed by atoms with Crippen LogP contribution in [-0.4, -0.2) is 15.2 Å². The molecule has 0 saturated heterocycles. The molecule has 21 heavy (non-hydrogen) atoms. The molecule has 1 heterocycles. The lowest BCUT2D eigenvalue weighted by Gasteiger charge is -2.24. The Morgan fingerprint density at radius 1 is 1.29 bits per heavy atom. The molecule has 1 atom stereocenters. The van der Waals surface area contributed by atoms with Crippen molar-refractivity contribution in [3.05, 3.63) is 29.9 Å². The van der Waals surface area contributed by atoms with Crippen LogP contribution in [0.25, 0.3) is 11.4 Å². The molecule has 1 saturated carbocycles. The van der Waals surface area contributed by atoms with Gasteiger partial charge in [-0.25, -0.2) is 4.39 Å². The Labute approximate surface area is 122 Å². The van der Waals surface area contributed by atoms with E-state index in [0.717, 1.165) is 12.8 Å². The molecule has 6 heteroatoms. The Bertz CT molecular complexity index is 623. The minimum atomic E-state index is -0.713. The molecule has 2 aromatic rings. The van der Waals surface area contributed by atoms with Crippen LogP contribution in [0.5, 0.6) is 5.75 Å². The third kappa shape index (κ3) is 2.90. The maximum atomic E-state index is 13.4. The van der Waals surface area contributed by atoms with E-state index in [1.165, 1.54) is 31.4 Å². The summed E-state index contributed by atoms with van der Waals surface area (Å²) in [6.07, 6.45) is 5.77. The van der Waals surface area contributed by atoms with Gasteiger partial charge in [-0.05, 0) is 37.0 Å². The van der Waals surface area contributed by atoms with Gasteiger partial charge >= 0.3 is 0 Å². The zero-order chi connectivity index (χ0) is 14.8. The quantitative estimate of drug-likeness (QED) is 0.907. The summed E-state index contributed by atoms with van der Waals surface area (Å²) >= 11 is 0. The fourth-order valence-corrected chi connectivity index (χ4v) is 2.83. The molecule has 1 unspecified atom stereocenters. The molecule has 1 aliphatic rings. The first-order valence-electron chi connectivity index (χ1n) is 7.23. The highest BCUT2D eigenvalue weighted by molar-refractivity contribution is 5.55.